The third-order valence-electron chi connectivity index (χ3n) is 4.14. The summed E-state index contributed by atoms with van der Waals surface area (Å²) in [5.41, 5.74) is 0.775. The van der Waals surface area contributed by atoms with E-state index in [0.29, 0.717) is 44.0 Å². The Labute approximate surface area is 159 Å². The Morgan fingerprint density at radius 2 is 1.81 bits per heavy atom. The van der Waals surface area contributed by atoms with Crippen molar-refractivity contribution >= 4 is 12.2 Å². The molecule has 1 aliphatic heterocycles. The topological polar surface area (TPSA) is 86.3 Å². The van der Waals surface area contributed by atoms with Gasteiger partial charge in [-0.15, -0.1) is 6.58 Å². The van der Waals surface area contributed by atoms with E-state index in [4.69, 9.17) is 18.9 Å². The molecule has 0 unspecified atom stereocenters. The lowest BCUT2D eigenvalue weighted by molar-refractivity contribution is 0.0405. The molecule has 0 aliphatic carbocycles. The van der Waals surface area contributed by atoms with E-state index in [1.807, 2.05) is 0 Å². The van der Waals surface area contributed by atoms with E-state index in [2.05, 4.69) is 11.9 Å². The largest absolute Gasteiger partial charge is 0.497 e. The quantitative estimate of drug-likeness (QED) is 0.734. The molecule has 0 saturated carbocycles. The summed E-state index contributed by atoms with van der Waals surface area (Å²) in [5.74, 6) is 1.26. The number of nitrogens with zero attached hydrogens (tertiary/aromatic N) is 1. The first-order valence-electron chi connectivity index (χ1n) is 8.74. The van der Waals surface area contributed by atoms with Crippen LogP contribution in [0.3, 0.4) is 0 Å². The van der Waals surface area contributed by atoms with Crippen LogP contribution in [0.15, 0.2) is 30.9 Å². The summed E-state index contributed by atoms with van der Waals surface area (Å²) in [7, 11) is 3.13. The summed E-state index contributed by atoms with van der Waals surface area (Å²) < 4.78 is 21.1. The maximum atomic E-state index is 12.3. The minimum atomic E-state index is -0.470. The summed E-state index contributed by atoms with van der Waals surface area (Å²) >= 11 is 0. The van der Waals surface area contributed by atoms with Gasteiger partial charge >= 0.3 is 12.2 Å². The van der Waals surface area contributed by atoms with Gasteiger partial charge in [-0.3, -0.25) is 0 Å². The number of ether oxygens (including phenoxy) is 4. The van der Waals surface area contributed by atoms with Gasteiger partial charge in [-0.05, 0) is 17.7 Å². The van der Waals surface area contributed by atoms with Crippen molar-refractivity contribution < 1.29 is 28.5 Å². The van der Waals surface area contributed by atoms with Crippen LogP contribution in [0.2, 0.25) is 0 Å². The molecule has 0 aromatic heterocycles. The van der Waals surface area contributed by atoms with Gasteiger partial charge in [0.15, 0.2) is 0 Å². The Balaban J connectivity index is 1.78. The van der Waals surface area contributed by atoms with Gasteiger partial charge in [0.25, 0.3) is 0 Å². The first-order chi connectivity index (χ1) is 13.0. The van der Waals surface area contributed by atoms with Gasteiger partial charge in [-0.25, -0.2) is 9.59 Å². The average Bonchev–Trinajstić information content (AvgIpc) is 2.70. The SMILES string of the molecule is C=CCNC(=O)OC1CCN(C(=O)OCc2cc(OC)cc(OC)c2)CC1. The molecule has 1 fully saturated rings. The van der Waals surface area contributed by atoms with E-state index in [9.17, 15) is 9.59 Å². The predicted molar refractivity (Wildman–Crippen MR) is 99.0 cm³/mol. The minimum Gasteiger partial charge on any atom is -0.497 e. The summed E-state index contributed by atoms with van der Waals surface area (Å²) in [6.45, 7) is 4.95. The molecule has 1 N–H and O–H groups in total. The lowest BCUT2D eigenvalue weighted by atomic mass is 10.1. The van der Waals surface area contributed by atoms with Crippen molar-refractivity contribution in [1.82, 2.24) is 10.2 Å². The van der Waals surface area contributed by atoms with Crippen LogP contribution in [-0.2, 0) is 16.1 Å². The standard InChI is InChI=1S/C19H26N2O6/c1-4-7-20-18(22)27-15-5-8-21(9-6-15)19(23)26-13-14-10-16(24-2)12-17(11-14)25-3/h4,10-12,15H,1,5-9,13H2,2-3H3,(H,20,22). The fourth-order valence-electron chi connectivity index (χ4n) is 2.69. The molecule has 8 heteroatoms. The highest BCUT2D eigenvalue weighted by Gasteiger charge is 2.26. The monoisotopic (exact) mass is 378 g/mol. The Bertz CT molecular complexity index is 633. The predicted octanol–water partition coefficient (Wildman–Crippen LogP) is 2.72. The van der Waals surface area contributed by atoms with Crippen molar-refractivity contribution in [2.45, 2.75) is 25.6 Å². The summed E-state index contributed by atoms with van der Waals surface area (Å²) in [4.78, 5) is 25.4. The molecule has 2 amide bonds. The number of rotatable bonds is 7. The summed E-state index contributed by atoms with van der Waals surface area (Å²) in [6.07, 6.45) is 1.65. The fraction of sp³-hybridized carbons (Fsp3) is 0.474. The molecule has 1 aromatic carbocycles. The molecule has 0 bridgehead atoms. The zero-order valence-corrected chi connectivity index (χ0v) is 15.7. The number of methoxy groups -OCH3 is 2. The Hall–Kier alpha value is -2.90. The number of nitrogens with one attached hydrogen (secondary N) is 1. The first kappa shape index (κ1) is 20.4. The number of benzene rings is 1. The number of carbonyl (C=O) groups excluding carboxylic acids is 2. The Kier molecular flexibility index (Phi) is 7.79. The highest BCUT2D eigenvalue weighted by Crippen LogP contribution is 2.23. The van der Waals surface area contributed by atoms with Gasteiger partial charge in [0.1, 0.15) is 24.2 Å². The lowest BCUT2D eigenvalue weighted by Gasteiger charge is -2.30. The molecule has 0 spiro atoms. The fourth-order valence-corrected chi connectivity index (χ4v) is 2.69. The number of amides is 2. The zero-order chi connectivity index (χ0) is 19.6. The summed E-state index contributed by atoms with van der Waals surface area (Å²) in [5, 5.41) is 2.57. The van der Waals surface area contributed by atoms with Crippen LogP contribution < -0.4 is 14.8 Å². The summed E-state index contributed by atoms with van der Waals surface area (Å²) in [6, 6.07) is 5.33. The minimum absolute atomic E-state index is 0.118. The third-order valence-corrected chi connectivity index (χ3v) is 4.14. The van der Waals surface area contributed by atoms with Gasteiger partial charge < -0.3 is 29.2 Å². The van der Waals surface area contributed by atoms with Gasteiger partial charge in [0, 0.05) is 38.5 Å². The lowest BCUT2D eigenvalue weighted by Crippen LogP contribution is -2.42. The van der Waals surface area contributed by atoms with Crippen molar-refractivity contribution in [1.29, 1.82) is 0 Å². The van der Waals surface area contributed by atoms with Crippen LogP contribution in [0.4, 0.5) is 9.59 Å². The van der Waals surface area contributed by atoms with Crippen molar-refractivity contribution in [3.8, 4) is 11.5 Å². The molecular formula is C19H26N2O6. The molecule has 1 heterocycles. The van der Waals surface area contributed by atoms with Crippen LogP contribution in [0.25, 0.3) is 0 Å². The second-order valence-corrected chi connectivity index (χ2v) is 6.04. The maximum Gasteiger partial charge on any atom is 0.410 e. The van der Waals surface area contributed by atoms with Crippen molar-refractivity contribution in [3.05, 3.63) is 36.4 Å². The van der Waals surface area contributed by atoms with Crippen LogP contribution in [-0.4, -0.2) is 57.0 Å². The molecule has 148 valence electrons. The van der Waals surface area contributed by atoms with Crippen molar-refractivity contribution in [2.24, 2.45) is 0 Å². The molecule has 27 heavy (non-hydrogen) atoms. The molecule has 1 saturated heterocycles. The average molecular weight is 378 g/mol. The Morgan fingerprint density at radius 3 is 2.37 bits per heavy atom. The van der Waals surface area contributed by atoms with E-state index in [-0.39, 0.29) is 12.7 Å². The van der Waals surface area contributed by atoms with Gasteiger partial charge in [0.2, 0.25) is 0 Å². The zero-order valence-electron chi connectivity index (χ0n) is 15.7. The van der Waals surface area contributed by atoms with E-state index < -0.39 is 12.2 Å². The van der Waals surface area contributed by atoms with E-state index in [0.717, 1.165) is 5.56 Å². The number of hydrogen-bond donors (Lipinski definition) is 1. The van der Waals surface area contributed by atoms with Gasteiger partial charge in [-0.1, -0.05) is 6.08 Å². The molecule has 1 aromatic rings. The maximum absolute atomic E-state index is 12.3. The molecule has 0 atom stereocenters. The van der Waals surface area contributed by atoms with Crippen LogP contribution in [0.5, 0.6) is 11.5 Å². The number of likely N-dealkylation sites (tertiary alicyclic amines) is 1. The highest BCUT2D eigenvalue weighted by atomic mass is 16.6. The smallest absolute Gasteiger partial charge is 0.410 e. The third kappa shape index (κ3) is 6.40. The van der Waals surface area contributed by atoms with E-state index >= 15 is 0 Å². The van der Waals surface area contributed by atoms with Gasteiger partial charge in [0.05, 0.1) is 14.2 Å². The highest BCUT2D eigenvalue weighted by molar-refractivity contribution is 5.68. The molecule has 0 radical (unpaired) electrons. The normalized spacial score (nSPS) is 14.2. The van der Waals surface area contributed by atoms with Crippen molar-refractivity contribution in [3.63, 3.8) is 0 Å². The molecular weight excluding hydrogens is 352 g/mol. The molecule has 8 nitrogen and oxygen atoms in total. The van der Waals surface area contributed by atoms with Crippen LogP contribution >= 0.6 is 0 Å². The molecule has 2 rings (SSSR count). The number of hydrogen-bond acceptors (Lipinski definition) is 6. The number of alkyl carbamates (subject to hydrolysis) is 1. The van der Waals surface area contributed by atoms with Gasteiger partial charge in [-0.2, -0.15) is 0 Å². The van der Waals surface area contributed by atoms with Crippen LogP contribution in [0, 0.1) is 0 Å². The van der Waals surface area contributed by atoms with E-state index in [1.54, 1.807) is 43.4 Å². The second-order valence-electron chi connectivity index (χ2n) is 6.04. The van der Waals surface area contributed by atoms with E-state index in [1.165, 1.54) is 0 Å². The van der Waals surface area contributed by atoms with Crippen LogP contribution in [0.1, 0.15) is 18.4 Å². The van der Waals surface area contributed by atoms with Crippen molar-refractivity contribution in [2.75, 3.05) is 33.9 Å². The first-order valence-corrected chi connectivity index (χ1v) is 8.74. The number of piperidine rings is 1. The number of carbonyl (C=O) groups is 2. The molecule has 1 aliphatic rings. The second kappa shape index (κ2) is 10.3. The Morgan fingerprint density at radius 1 is 1.19 bits per heavy atom.